The van der Waals surface area contributed by atoms with Crippen molar-refractivity contribution in [1.29, 1.82) is 0 Å². The Balaban J connectivity index is 2.70. The van der Waals surface area contributed by atoms with Crippen LogP contribution in [-0.4, -0.2) is 60.1 Å². The summed E-state index contributed by atoms with van der Waals surface area (Å²) in [6, 6.07) is 0.0213. The summed E-state index contributed by atoms with van der Waals surface area (Å²) in [6.07, 6.45) is 2.77. The molecular weight excluding hydrogens is 204 g/mol. The molecule has 0 aromatic carbocycles. The van der Waals surface area contributed by atoms with Crippen LogP contribution in [-0.2, 0) is 4.79 Å². The maximum Gasteiger partial charge on any atom is 0.320 e. The molecular formula is C12H22N2O2. The van der Waals surface area contributed by atoms with Crippen molar-refractivity contribution < 1.29 is 9.90 Å². The van der Waals surface area contributed by atoms with Crippen LogP contribution in [0.5, 0.6) is 0 Å². The van der Waals surface area contributed by atoms with E-state index in [1.807, 2.05) is 34.0 Å². The van der Waals surface area contributed by atoms with E-state index in [-0.39, 0.29) is 6.04 Å². The molecule has 1 aliphatic rings. The van der Waals surface area contributed by atoms with Crippen molar-refractivity contribution in [1.82, 2.24) is 9.80 Å². The Labute approximate surface area is 97.5 Å². The van der Waals surface area contributed by atoms with E-state index in [1.165, 1.54) is 5.57 Å². The number of hydrogen-bond acceptors (Lipinski definition) is 3. The molecule has 4 nitrogen and oxygen atoms in total. The summed E-state index contributed by atoms with van der Waals surface area (Å²) in [4.78, 5) is 15.3. The SMILES string of the molecule is CC=C(C)CN1C[C@H](N(C)C)C[C@H]1C(=O)O. The first kappa shape index (κ1) is 13.2. The number of hydrogen-bond donors (Lipinski definition) is 1. The van der Waals surface area contributed by atoms with Crippen LogP contribution in [0.2, 0.25) is 0 Å². The fourth-order valence-corrected chi connectivity index (χ4v) is 2.10. The van der Waals surface area contributed by atoms with Crippen molar-refractivity contribution in [3.05, 3.63) is 11.6 Å². The summed E-state index contributed by atoms with van der Waals surface area (Å²) in [6.45, 7) is 5.64. The average molecular weight is 226 g/mol. The molecule has 0 spiro atoms. The third-order valence-corrected chi connectivity index (χ3v) is 3.34. The molecule has 1 aliphatic heterocycles. The fraction of sp³-hybridized carbons (Fsp3) is 0.750. The quantitative estimate of drug-likeness (QED) is 0.727. The fourth-order valence-electron chi connectivity index (χ4n) is 2.10. The molecule has 0 bridgehead atoms. The van der Waals surface area contributed by atoms with Gasteiger partial charge >= 0.3 is 5.97 Å². The minimum atomic E-state index is -0.701. The first-order valence-corrected chi connectivity index (χ1v) is 5.70. The number of carboxylic acids is 1. The number of nitrogens with zero attached hydrogens (tertiary/aromatic N) is 2. The second-order valence-corrected chi connectivity index (χ2v) is 4.77. The Kier molecular flexibility index (Phi) is 4.50. The van der Waals surface area contributed by atoms with E-state index < -0.39 is 5.97 Å². The van der Waals surface area contributed by atoms with E-state index in [2.05, 4.69) is 9.80 Å². The van der Waals surface area contributed by atoms with E-state index >= 15 is 0 Å². The van der Waals surface area contributed by atoms with Crippen molar-refractivity contribution in [2.24, 2.45) is 0 Å². The maximum atomic E-state index is 11.2. The van der Waals surface area contributed by atoms with Crippen molar-refractivity contribution in [2.45, 2.75) is 32.4 Å². The van der Waals surface area contributed by atoms with Gasteiger partial charge in [-0.05, 0) is 34.4 Å². The monoisotopic (exact) mass is 226 g/mol. The lowest BCUT2D eigenvalue weighted by molar-refractivity contribution is -0.142. The number of rotatable bonds is 4. The first-order chi connectivity index (χ1) is 7.45. The topological polar surface area (TPSA) is 43.8 Å². The van der Waals surface area contributed by atoms with Crippen LogP contribution >= 0.6 is 0 Å². The molecule has 1 heterocycles. The summed E-state index contributed by atoms with van der Waals surface area (Å²) in [5.74, 6) is -0.701. The molecule has 2 atom stereocenters. The van der Waals surface area contributed by atoms with Gasteiger partial charge in [-0.15, -0.1) is 0 Å². The lowest BCUT2D eigenvalue weighted by Gasteiger charge is -2.22. The van der Waals surface area contributed by atoms with Crippen LogP contribution in [0.15, 0.2) is 11.6 Å². The number of carboxylic acid groups (broad SMARTS) is 1. The van der Waals surface area contributed by atoms with E-state index in [1.54, 1.807) is 0 Å². The van der Waals surface area contributed by atoms with Gasteiger partial charge in [0, 0.05) is 19.1 Å². The number of aliphatic carboxylic acids is 1. The van der Waals surface area contributed by atoms with Crippen molar-refractivity contribution in [2.75, 3.05) is 27.2 Å². The third kappa shape index (κ3) is 3.06. The van der Waals surface area contributed by atoms with Gasteiger partial charge in [-0.1, -0.05) is 11.6 Å². The molecule has 0 radical (unpaired) electrons. The molecule has 0 aromatic heterocycles. The standard InChI is InChI=1S/C12H22N2O2/c1-5-9(2)7-14-8-10(13(3)4)6-11(14)12(15)16/h5,10-11H,6-8H2,1-4H3,(H,15,16)/t10-,11+/m1/s1. The van der Waals surface area contributed by atoms with Crippen molar-refractivity contribution in [3.8, 4) is 0 Å². The van der Waals surface area contributed by atoms with Gasteiger partial charge in [0.25, 0.3) is 0 Å². The molecule has 0 amide bonds. The molecule has 0 aromatic rings. The van der Waals surface area contributed by atoms with Gasteiger partial charge < -0.3 is 10.0 Å². The first-order valence-electron chi connectivity index (χ1n) is 5.70. The van der Waals surface area contributed by atoms with Crippen molar-refractivity contribution in [3.63, 3.8) is 0 Å². The van der Waals surface area contributed by atoms with Crippen LogP contribution in [0.1, 0.15) is 20.3 Å². The van der Waals surface area contributed by atoms with Gasteiger partial charge in [-0.3, -0.25) is 9.69 Å². The maximum absolute atomic E-state index is 11.2. The van der Waals surface area contributed by atoms with Crippen LogP contribution in [0, 0.1) is 0 Å². The van der Waals surface area contributed by atoms with Gasteiger partial charge in [-0.25, -0.2) is 0 Å². The Hall–Kier alpha value is -0.870. The Morgan fingerprint density at radius 1 is 1.56 bits per heavy atom. The van der Waals surface area contributed by atoms with Gasteiger partial charge in [0.1, 0.15) is 6.04 Å². The molecule has 0 unspecified atom stereocenters. The minimum absolute atomic E-state index is 0.331. The highest BCUT2D eigenvalue weighted by Crippen LogP contribution is 2.22. The van der Waals surface area contributed by atoms with Gasteiger partial charge in [0.05, 0.1) is 0 Å². The predicted molar refractivity (Wildman–Crippen MR) is 64.5 cm³/mol. The summed E-state index contributed by atoms with van der Waals surface area (Å²) in [5, 5.41) is 9.19. The number of allylic oxidation sites excluding steroid dienone is 1. The second-order valence-electron chi connectivity index (χ2n) is 4.77. The molecule has 16 heavy (non-hydrogen) atoms. The zero-order chi connectivity index (χ0) is 12.3. The van der Waals surface area contributed by atoms with Crippen LogP contribution in [0.4, 0.5) is 0 Å². The highest BCUT2D eigenvalue weighted by atomic mass is 16.4. The molecule has 4 heteroatoms. The summed E-state index contributed by atoms with van der Waals surface area (Å²) in [5.41, 5.74) is 1.23. The Morgan fingerprint density at radius 3 is 2.62 bits per heavy atom. The highest BCUT2D eigenvalue weighted by molar-refractivity contribution is 5.74. The number of likely N-dealkylation sites (tertiary alicyclic amines) is 1. The molecule has 92 valence electrons. The summed E-state index contributed by atoms with van der Waals surface area (Å²) >= 11 is 0. The van der Waals surface area contributed by atoms with Crippen LogP contribution < -0.4 is 0 Å². The summed E-state index contributed by atoms with van der Waals surface area (Å²) in [7, 11) is 4.02. The summed E-state index contributed by atoms with van der Waals surface area (Å²) < 4.78 is 0. The zero-order valence-electron chi connectivity index (χ0n) is 10.6. The van der Waals surface area contributed by atoms with E-state index in [0.717, 1.165) is 19.5 Å². The Bertz CT molecular complexity index is 287. The second kappa shape index (κ2) is 5.46. The zero-order valence-corrected chi connectivity index (χ0v) is 10.6. The van der Waals surface area contributed by atoms with Crippen LogP contribution in [0.25, 0.3) is 0 Å². The molecule has 1 rings (SSSR count). The lowest BCUT2D eigenvalue weighted by Crippen LogP contribution is -2.37. The minimum Gasteiger partial charge on any atom is -0.480 e. The van der Waals surface area contributed by atoms with Gasteiger partial charge in [-0.2, -0.15) is 0 Å². The smallest absolute Gasteiger partial charge is 0.320 e. The molecule has 0 aliphatic carbocycles. The largest absolute Gasteiger partial charge is 0.480 e. The van der Waals surface area contributed by atoms with Crippen LogP contribution in [0.3, 0.4) is 0 Å². The number of carbonyl (C=O) groups is 1. The average Bonchev–Trinajstić information content (AvgIpc) is 2.61. The predicted octanol–water partition coefficient (Wildman–Crippen LogP) is 1.04. The van der Waals surface area contributed by atoms with E-state index in [0.29, 0.717) is 6.04 Å². The number of likely N-dealkylation sites (N-methyl/N-ethyl adjacent to an activating group) is 1. The third-order valence-electron chi connectivity index (χ3n) is 3.34. The highest BCUT2D eigenvalue weighted by Gasteiger charge is 2.37. The molecule has 1 fully saturated rings. The van der Waals surface area contributed by atoms with E-state index in [9.17, 15) is 9.90 Å². The van der Waals surface area contributed by atoms with Gasteiger partial charge in [0.15, 0.2) is 0 Å². The molecule has 1 N–H and O–H groups in total. The normalized spacial score (nSPS) is 27.7. The molecule has 0 saturated carbocycles. The lowest BCUT2D eigenvalue weighted by atomic mass is 10.1. The van der Waals surface area contributed by atoms with Crippen molar-refractivity contribution >= 4 is 5.97 Å². The van der Waals surface area contributed by atoms with E-state index in [4.69, 9.17) is 0 Å². The molecule has 1 saturated heterocycles. The Morgan fingerprint density at radius 2 is 2.19 bits per heavy atom. The van der Waals surface area contributed by atoms with Gasteiger partial charge in [0.2, 0.25) is 0 Å².